The molecule has 0 unspecified atom stereocenters. The SMILES string of the molecule is CNCCC(=O)NCCNc1ccccc1[N+](=O)[O-].Cl. The van der Waals surface area contributed by atoms with E-state index in [0.29, 0.717) is 31.7 Å². The molecule has 7 nitrogen and oxygen atoms in total. The van der Waals surface area contributed by atoms with Gasteiger partial charge in [0.15, 0.2) is 0 Å². The average Bonchev–Trinajstić information content (AvgIpc) is 2.41. The standard InChI is InChI=1S/C12H18N4O3.ClH/c1-13-7-6-12(17)15-9-8-14-10-4-2-3-5-11(10)16(18)19;/h2-5,13-14H,6-9H2,1H3,(H,15,17);1H. The molecule has 1 aromatic carbocycles. The molecular weight excluding hydrogens is 284 g/mol. The Morgan fingerprint density at radius 2 is 1.95 bits per heavy atom. The van der Waals surface area contributed by atoms with E-state index in [9.17, 15) is 14.9 Å². The molecule has 0 aliphatic heterocycles. The van der Waals surface area contributed by atoms with E-state index >= 15 is 0 Å². The number of hydrogen-bond donors (Lipinski definition) is 3. The van der Waals surface area contributed by atoms with E-state index < -0.39 is 4.92 Å². The monoisotopic (exact) mass is 302 g/mol. The molecule has 0 bridgehead atoms. The zero-order valence-electron chi connectivity index (χ0n) is 11.2. The highest BCUT2D eigenvalue weighted by molar-refractivity contribution is 5.85. The Morgan fingerprint density at radius 3 is 2.60 bits per heavy atom. The van der Waals surface area contributed by atoms with Crippen molar-refractivity contribution < 1.29 is 9.72 Å². The number of nitrogens with zero attached hydrogens (tertiary/aromatic N) is 1. The number of amides is 1. The molecule has 1 rings (SSSR count). The van der Waals surface area contributed by atoms with Crippen molar-refractivity contribution in [2.45, 2.75) is 6.42 Å². The van der Waals surface area contributed by atoms with Crippen molar-refractivity contribution in [3.8, 4) is 0 Å². The van der Waals surface area contributed by atoms with E-state index in [4.69, 9.17) is 0 Å². The third-order valence-electron chi connectivity index (χ3n) is 2.47. The van der Waals surface area contributed by atoms with Gasteiger partial charge in [-0.3, -0.25) is 14.9 Å². The number of rotatable bonds is 8. The number of nitro benzene ring substituents is 1. The smallest absolute Gasteiger partial charge is 0.292 e. The zero-order valence-corrected chi connectivity index (χ0v) is 12.0. The van der Waals surface area contributed by atoms with Gasteiger partial charge in [0.05, 0.1) is 4.92 Å². The summed E-state index contributed by atoms with van der Waals surface area (Å²) in [4.78, 5) is 21.6. The Labute approximate surface area is 123 Å². The predicted octanol–water partition coefficient (Wildman–Crippen LogP) is 1.15. The average molecular weight is 303 g/mol. The van der Waals surface area contributed by atoms with Crippen molar-refractivity contribution in [2.24, 2.45) is 0 Å². The molecule has 0 saturated heterocycles. The summed E-state index contributed by atoms with van der Waals surface area (Å²) in [6.45, 7) is 1.49. The fraction of sp³-hybridized carbons (Fsp3) is 0.417. The van der Waals surface area contributed by atoms with Crippen molar-refractivity contribution in [1.29, 1.82) is 0 Å². The summed E-state index contributed by atoms with van der Waals surface area (Å²) in [6, 6.07) is 6.42. The maximum atomic E-state index is 11.3. The minimum absolute atomic E-state index is 0. The van der Waals surface area contributed by atoms with Crippen molar-refractivity contribution >= 4 is 29.7 Å². The third-order valence-corrected chi connectivity index (χ3v) is 2.47. The van der Waals surface area contributed by atoms with Crippen molar-refractivity contribution in [3.63, 3.8) is 0 Å². The Kier molecular flexibility index (Phi) is 9.06. The lowest BCUT2D eigenvalue weighted by Gasteiger charge is -2.08. The van der Waals surface area contributed by atoms with Gasteiger partial charge in [0.2, 0.25) is 5.91 Å². The fourth-order valence-electron chi connectivity index (χ4n) is 1.51. The zero-order chi connectivity index (χ0) is 14.1. The van der Waals surface area contributed by atoms with E-state index in [1.54, 1.807) is 25.2 Å². The molecule has 1 aromatic rings. The minimum atomic E-state index is -0.437. The highest BCUT2D eigenvalue weighted by Gasteiger charge is 2.11. The molecule has 0 fully saturated rings. The van der Waals surface area contributed by atoms with Gasteiger partial charge in [-0.05, 0) is 13.1 Å². The molecule has 0 atom stereocenters. The number of hydrogen-bond acceptors (Lipinski definition) is 5. The minimum Gasteiger partial charge on any atom is -0.378 e. The lowest BCUT2D eigenvalue weighted by Crippen LogP contribution is -2.30. The molecular formula is C12H19ClN4O3. The summed E-state index contributed by atoms with van der Waals surface area (Å²) < 4.78 is 0. The van der Waals surface area contributed by atoms with Crippen molar-refractivity contribution in [2.75, 3.05) is 32.0 Å². The van der Waals surface area contributed by atoms with Crippen LogP contribution in [0.25, 0.3) is 0 Å². The van der Waals surface area contributed by atoms with Crippen LogP contribution in [0.1, 0.15) is 6.42 Å². The molecule has 3 N–H and O–H groups in total. The van der Waals surface area contributed by atoms with Gasteiger partial charge >= 0.3 is 0 Å². The van der Waals surface area contributed by atoms with Gasteiger partial charge in [0.25, 0.3) is 5.69 Å². The number of benzene rings is 1. The van der Waals surface area contributed by atoms with E-state index in [0.717, 1.165) is 0 Å². The fourth-order valence-corrected chi connectivity index (χ4v) is 1.51. The van der Waals surface area contributed by atoms with Gasteiger partial charge in [0.1, 0.15) is 5.69 Å². The third kappa shape index (κ3) is 6.35. The highest BCUT2D eigenvalue weighted by Crippen LogP contribution is 2.22. The van der Waals surface area contributed by atoms with Crippen LogP contribution in [-0.4, -0.2) is 37.5 Å². The molecule has 20 heavy (non-hydrogen) atoms. The second-order valence-corrected chi connectivity index (χ2v) is 3.90. The summed E-state index contributed by atoms with van der Waals surface area (Å²) in [5.74, 6) is -0.0429. The summed E-state index contributed by atoms with van der Waals surface area (Å²) in [5, 5.41) is 19.3. The van der Waals surface area contributed by atoms with Crippen molar-refractivity contribution in [3.05, 3.63) is 34.4 Å². The second-order valence-electron chi connectivity index (χ2n) is 3.90. The van der Waals surface area contributed by atoms with Crippen LogP contribution in [0.4, 0.5) is 11.4 Å². The first-order chi connectivity index (χ1) is 9.15. The first-order valence-corrected chi connectivity index (χ1v) is 6.03. The van der Waals surface area contributed by atoms with Gasteiger partial charge in [-0.15, -0.1) is 12.4 Å². The Morgan fingerprint density at radius 1 is 1.25 bits per heavy atom. The lowest BCUT2D eigenvalue weighted by molar-refractivity contribution is -0.384. The first-order valence-electron chi connectivity index (χ1n) is 6.03. The topological polar surface area (TPSA) is 96.3 Å². The predicted molar refractivity (Wildman–Crippen MR) is 80.4 cm³/mol. The normalized spacial score (nSPS) is 9.45. The van der Waals surface area contributed by atoms with Crippen LogP contribution in [0.5, 0.6) is 0 Å². The van der Waals surface area contributed by atoms with Crippen LogP contribution in [0.15, 0.2) is 24.3 Å². The Hall–Kier alpha value is -1.86. The molecule has 0 saturated carbocycles. The molecule has 0 spiro atoms. The van der Waals surface area contributed by atoms with Gasteiger partial charge in [-0.1, -0.05) is 12.1 Å². The summed E-state index contributed by atoms with van der Waals surface area (Å²) in [7, 11) is 1.78. The molecule has 1 amide bonds. The highest BCUT2D eigenvalue weighted by atomic mass is 35.5. The Bertz CT molecular complexity index is 442. The summed E-state index contributed by atoms with van der Waals surface area (Å²) in [5.41, 5.74) is 0.487. The number of para-hydroxylation sites is 2. The quantitative estimate of drug-likeness (QED) is 0.380. The van der Waals surface area contributed by atoms with Crippen LogP contribution in [0.2, 0.25) is 0 Å². The van der Waals surface area contributed by atoms with E-state index in [1.165, 1.54) is 6.07 Å². The van der Waals surface area contributed by atoms with Crippen LogP contribution in [0.3, 0.4) is 0 Å². The van der Waals surface area contributed by atoms with Crippen LogP contribution >= 0.6 is 12.4 Å². The molecule has 0 heterocycles. The maximum absolute atomic E-state index is 11.3. The molecule has 0 aliphatic rings. The maximum Gasteiger partial charge on any atom is 0.292 e. The summed E-state index contributed by atoms with van der Waals surface area (Å²) >= 11 is 0. The van der Waals surface area contributed by atoms with E-state index in [1.807, 2.05) is 0 Å². The molecule has 0 aliphatic carbocycles. The number of anilines is 1. The molecule has 8 heteroatoms. The van der Waals surface area contributed by atoms with E-state index in [-0.39, 0.29) is 24.0 Å². The van der Waals surface area contributed by atoms with E-state index in [2.05, 4.69) is 16.0 Å². The van der Waals surface area contributed by atoms with Crippen LogP contribution < -0.4 is 16.0 Å². The molecule has 112 valence electrons. The van der Waals surface area contributed by atoms with Gasteiger partial charge in [0, 0.05) is 32.1 Å². The number of carbonyl (C=O) groups is 1. The van der Waals surface area contributed by atoms with Gasteiger partial charge in [-0.25, -0.2) is 0 Å². The van der Waals surface area contributed by atoms with Gasteiger partial charge < -0.3 is 16.0 Å². The number of nitro groups is 1. The van der Waals surface area contributed by atoms with Crippen LogP contribution in [-0.2, 0) is 4.79 Å². The number of carbonyl (C=O) groups excluding carboxylic acids is 1. The van der Waals surface area contributed by atoms with Crippen molar-refractivity contribution in [1.82, 2.24) is 10.6 Å². The number of halogens is 1. The molecule has 0 aromatic heterocycles. The Balaban J connectivity index is 0.00000361. The van der Waals surface area contributed by atoms with Gasteiger partial charge in [-0.2, -0.15) is 0 Å². The summed E-state index contributed by atoms with van der Waals surface area (Å²) in [6.07, 6.45) is 0.419. The van der Waals surface area contributed by atoms with Crippen LogP contribution in [0, 0.1) is 10.1 Å². The number of nitrogens with one attached hydrogen (secondary N) is 3. The largest absolute Gasteiger partial charge is 0.378 e. The first kappa shape index (κ1) is 18.1. The second kappa shape index (κ2) is 9.99. The lowest BCUT2D eigenvalue weighted by atomic mass is 10.2. The molecule has 0 radical (unpaired) electrons.